The highest BCUT2D eigenvalue weighted by Gasteiger charge is 2.36. The second kappa shape index (κ2) is 5.44. The minimum absolute atomic E-state index is 0.0303. The Morgan fingerprint density at radius 1 is 1.28 bits per heavy atom. The van der Waals surface area contributed by atoms with E-state index in [-0.39, 0.29) is 5.78 Å². The number of rotatable bonds is 2. The largest absolute Gasteiger partial charge is 0.477 e. The zero-order valence-electron chi connectivity index (χ0n) is 14.3. The molecule has 2 aliphatic heterocycles. The summed E-state index contributed by atoms with van der Waals surface area (Å²) in [5, 5.41) is 2.03. The number of ether oxygens (including phenoxy) is 2. The Hall–Kier alpha value is -2.11. The monoisotopic (exact) mass is 353 g/mol. The molecule has 3 aliphatic rings. The number of hydrogen-bond acceptors (Lipinski definition) is 5. The number of fused-ring (bicyclic) bond motifs is 2. The van der Waals surface area contributed by atoms with Crippen LogP contribution in [-0.4, -0.2) is 23.5 Å². The van der Waals surface area contributed by atoms with Gasteiger partial charge in [0.15, 0.2) is 5.76 Å². The van der Waals surface area contributed by atoms with Gasteiger partial charge in [-0.3, -0.25) is 9.69 Å². The highest BCUT2D eigenvalue weighted by atomic mass is 32.1. The van der Waals surface area contributed by atoms with Gasteiger partial charge in [-0.2, -0.15) is 0 Å². The smallest absolute Gasteiger partial charge is 0.232 e. The van der Waals surface area contributed by atoms with Crippen molar-refractivity contribution in [1.82, 2.24) is 4.90 Å². The summed E-state index contributed by atoms with van der Waals surface area (Å²) >= 11 is 1.62. The first-order valence-corrected chi connectivity index (χ1v) is 9.51. The molecule has 3 heterocycles. The van der Waals surface area contributed by atoms with Crippen molar-refractivity contribution in [2.24, 2.45) is 0 Å². The van der Waals surface area contributed by atoms with Crippen molar-refractivity contribution < 1.29 is 14.3 Å². The SMILES string of the molecule is Cc1ccsc1/C=C1\Oc2c(cc3c(c2C)OCN(C2CC2)C3)C1=O. The predicted molar refractivity (Wildman–Crippen MR) is 97.2 cm³/mol. The van der Waals surface area contributed by atoms with Crippen molar-refractivity contribution in [1.29, 1.82) is 0 Å². The van der Waals surface area contributed by atoms with Gasteiger partial charge in [0.2, 0.25) is 5.78 Å². The van der Waals surface area contributed by atoms with Crippen LogP contribution in [0, 0.1) is 13.8 Å². The van der Waals surface area contributed by atoms with E-state index in [9.17, 15) is 4.79 Å². The number of thiophene rings is 1. The number of Topliss-reactive ketones (excluding diaryl/α,β-unsaturated/α-hetero) is 1. The normalized spacial score (nSPS) is 21.0. The molecule has 0 bridgehead atoms. The van der Waals surface area contributed by atoms with E-state index in [4.69, 9.17) is 9.47 Å². The quantitative estimate of drug-likeness (QED) is 0.755. The number of hydrogen-bond donors (Lipinski definition) is 0. The lowest BCUT2D eigenvalue weighted by atomic mass is 10.00. The summed E-state index contributed by atoms with van der Waals surface area (Å²) in [6, 6.07) is 4.66. The third-order valence-corrected chi connectivity index (χ3v) is 6.16. The first-order chi connectivity index (χ1) is 12.1. The van der Waals surface area contributed by atoms with Gasteiger partial charge in [-0.05, 0) is 49.8 Å². The molecule has 1 aromatic carbocycles. The van der Waals surface area contributed by atoms with E-state index in [0.29, 0.717) is 29.8 Å². The number of carbonyl (C=O) groups excluding carboxylic acids is 1. The Balaban J connectivity index is 1.53. The molecular formula is C20H19NO3S. The van der Waals surface area contributed by atoms with Gasteiger partial charge >= 0.3 is 0 Å². The van der Waals surface area contributed by atoms with Crippen LogP contribution in [0.2, 0.25) is 0 Å². The number of nitrogens with zero attached hydrogens (tertiary/aromatic N) is 1. The zero-order chi connectivity index (χ0) is 17.1. The average molecular weight is 353 g/mol. The molecule has 1 fully saturated rings. The number of allylic oxidation sites excluding steroid dienone is 1. The lowest BCUT2D eigenvalue weighted by molar-refractivity contribution is 0.0872. The van der Waals surface area contributed by atoms with Crippen molar-refractivity contribution in [2.45, 2.75) is 39.3 Å². The summed E-state index contributed by atoms with van der Waals surface area (Å²) in [4.78, 5) is 16.3. The summed E-state index contributed by atoms with van der Waals surface area (Å²) in [5.74, 6) is 1.92. The predicted octanol–water partition coefficient (Wildman–Crippen LogP) is 4.30. The molecule has 0 atom stereocenters. The molecule has 2 aromatic rings. The first-order valence-electron chi connectivity index (χ1n) is 8.63. The zero-order valence-corrected chi connectivity index (χ0v) is 15.1. The Morgan fingerprint density at radius 3 is 2.84 bits per heavy atom. The second-order valence-electron chi connectivity index (χ2n) is 7.03. The summed E-state index contributed by atoms with van der Waals surface area (Å²) in [7, 11) is 0. The van der Waals surface area contributed by atoms with Crippen LogP contribution in [0.1, 0.15) is 44.8 Å². The van der Waals surface area contributed by atoms with Gasteiger partial charge in [0, 0.05) is 34.7 Å². The molecule has 1 saturated carbocycles. The van der Waals surface area contributed by atoms with E-state index >= 15 is 0 Å². The average Bonchev–Trinajstić information content (AvgIpc) is 3.32. The van der Waals surface area contributed by atoms with E-state index in [2.05, 4.69) is 4.90 Å². The molecule has 0 amide bonds. The fourth-order valence-electron chi connectivity index (χ4n) is 3.59. The summed E-state index contributed by atoms with van der Waals surface area (Å²) in [6.45, 7) is 5.50. The molecule has 1 aliphatic carbocycles. The number of aryl methyl sites for hydroxylation is 1. The molecule has 0 radical (unpaired) electrons. The van der Waals surface area contributed by atoms with Gasteiger partial charge in [-0.15, -0.1) is 11.3 Å². The van der Waals surface area contributed by atoms with Gasteiger partial charge in [0.25, 0.3) is 0 Å². The molecule has 0 saturated heterocycles. The van der Waals surface area contributed by atoms with E-state index < -0.39 is 0 Å². The number of ketones is 1. The van der Waals surface area contributed by atoms with Gasteiger partial charge < -0.3 is 9.47 Å². The Morgan fingerprint density at radius 2 is 2.12 bits per heavy atom. The molecule has 128 valence electrons. The Labute approximate surface area is 150 Å². The number of carbonyl (C=O) groups is 1. The Kier molecular flexibility index (Phi) is 3.30. The van der Waals surface area contributed by atoms with Gasteiger partial charge in [0.1, 0.15) is 18.2 Å². The third-order valence-electron chi connectivity index (χ3n) is 5.19. The highest BCUT2D eigenvalue weighted by molar-refractivity contribution is 7.11. The fraction of sp³-hybridized carbons (Fsp3) is 0.350. The maximum absolute atomic E-state index is 12.9. The molecule has 4 nitrogen and oxygen atoms in total. The first kappa shape index (κ1) is 15.2. The fourth-order valence-corrected chi connectivity index (χ4v) is 4.44. The molecule has 25 heavy (non-hydrogen) atoms. The van der Waals surface area contributed by atoms with Crippen LogP contribution in [0.15, 0.2) is 23.3 Å². The maximum Gasteiger partial charge on any atom is 0.232 e. The van der Waals surface area contributed by atoms with Gasteiger partial charge in [0.05, 0.1) is 5.56 Å². The molecule has 1 aromatic heterocycles. The van der Waals surface area contributed by atoms with Crippen LogP contribution in [0.3, 0.4) is 0 Å². The summed E-state index contributed by atoms with van der Waals surface area (Å²) in [6.07, 6.45) is 4.35. The van der Waals surface area contributed by atoms with Crippen molar-refractivity contribution in [3.63, 3.8) is 0 Å². The second-order valence-corrected chi connectivity index (χ2v) is 7.97. The minimum Gasteiger partial charge on any atom is -0.477 e. The summed E-state index contributed by atoms with van der Waals surface area (Å²) in [5.41, 5.74) is 3.85. The lowest BCUT2D eigenvalue weighted by Crippen LogP contribution is -2.34. The standard InChI is InChI=1S/C20H19NO3S/c1-11-5-6-25-17(11)8-16-18(22)15-7-13-9-21(14-3-4-14)10-23-19(13)12(2)20(15)24-16/h5-8,14H,3-4,9-10H2,1-2H3/b16-8-. The van der Waals surface area contributed by atoms with Crippen molar-refractivity contribution in [3.05, 3.63) is 50.4 Å². The molecular weight excluding hydrogens is 334 g/mol. The molecule has 5 heteroatoms. The van der Waals surface area contributed by atoms with Crippen LogP contribution in [0.5, 0.6) is 11.5 Å². The van der Waals surface area contributed by atoms with E-state index in [1.54, 1.807) is 11.3 Å². The van der Waals surface area contributed by atoms with Crippen LogP contribution in [0.4, 0.5) is 0 Å². The van der Waals surface area contributed by atoms with Gasteiger partial charge in [-0.1, -0.05) is 0 Å². The van der Waals surface area contributed by atoms with Crippen LogP contribution < -0.4 is 9.47 Å². The van der Waals surface area contributed by atoms with Crippen molar-refractivity contribution in [2.75, 3.05) is 6.73 Å². The van der Waals surface area contributed by atoms with Crippen molar-refractivity contribution >= 4 is 23.2 Å². The van der Waals surface area contributed by atoms with Crippen LogP contribution in [-0.2, 0) is 6.54 Å². The van der Waals surface area contributed by atoms with E-state index in [1.807, 2.05) is 37.4 Å². The van der Waals surface area contributed by atoms with Crippen molar-refractivity contribution in [3.8, 4) is 11.5 Å². The molecule has 5 rings (SSSR count). The third kappa shape index (κ3) is 2.41. The minimum atomic E-state index is -0.0303. The molecule has 0 spiro atoms. The number of benzene rings is 1. The molecule has 0 unspecified atom stereocenters. The Bertz CT molecular complexity index is 923. The van der Waals surface area contributed by atoms with E-state index in [1.165, 1.54) is 12.8 Å². The van der Waals surface area contributed by atoms with Crippen LogP contribution >= 0.6 is 11.3 Å². The van der Waals surface area contributed by atoms with Crippen LogP contribution in [0.25, 0.3) is 6.08 Å². The summed E-state index contributed by atoms with van der Waals surface area (Å²) < 4.78 is 12.0. The lowest BCUT2D eigenvalue weighted by Gasteiger charge is -2.30. The highest BCUT2D eigenvalue weighted by Crippen LogP contribution is 2.44. The van der Waals surface area contributed by atoms with E-state index in [0.717, 1.165) is 33.9 Å². The molecule has 0 N–H and O–H groups in total. The topological polar surface area (TPSA) is 38.8 Å². The maximum atomic E-state index is 12.9. The van der Waals surface area contributed by atoms with Gasteiger partial charge in [-0.25, -0.2) is 0 Å².